The number of furan rings is 1. The molecule has 0 saturated carbocycles. The van der Waals surface area contributed by atoms with Crippen LogP contribution in [0.1, 0.15) is 0 Å². The summed E-state index contributed by atoms with van der Waals surface area (Å²) in [5.74, 6) is 0.596. The van der Waals surface area contributed by atoms with E-state index in [9.17, 15) is 0 Å². The highest BCUT2D eigenvalue weighted by Crippen LogP contribution is 2.43. The lowest BCUT2D eigenvalue weighted by atomic mass is 9.96. The van der Waals surface area contributed by atoms with E-state index < -0.39 is 0 Å². The Morgan fingerprint density at radius 1 is 0.373 bits per heavy atom. The van der Waals surface area contributed by atoms with Crippen LogP contribution in [0.15, 0.2) is 191 Å². The van der Waals surface area contributed by atoms with Crippen molar-refractivity contribution >= 4 is 60.9 Å². The monoisotopic (exact) mass is 654 g/mol. The van der Waals surface area contributed by atoms with Crippen molar-refractivity contribution in [2.24, 2.45) is 0 Å². The van der Waals surface area contributed by atoms with E-state index in [1.165, 1.54) is 33.0 Å². The Morgan fingerprint density at radius 2 is 1.00 bits per heavy atom. The van der Waals surface area contributed by atoms with Crippen LogP contribution in [0.4, 0.5) is 17.1 Å². The summed E-state index contributed by atoms with van der Waals surface area (Å²) in [5, 5.41) is 4.39. The first-order valence-electron chi connectivity index (χ1n) is 17.1. The number of nitrogens with zero attached hydrogens (tertiary/aromatic N) is 2. The highest BCUT2D eigenvalue weighted by Gasteiger charge is 2.19. The molecule has 0 bridgehead atoms. The summed E-state index contributed by atoms with van der Waals surface area (Å²) in [6.07, 6.45) is 0. The van der Waals surface area contributed by atoms with Crippen LogP contribution >= 0.6 is 0 Å². The standard InChI is InChI=1S/C47H30N2O2/c1-4-12-31(13-5-1)32-20-22-36(23-21-32)49(38-26-35-18-10-11-19-39(35)40(28-38)33-14-6-2-7-15-33)37-24-25-44-41(27-37)42-29-46-43(30-45(42)50-44)48-47(51-46)34-16-8-3-9-17-34/h1-30H. The second-order valence-corrected chi connectivity index (χ2v) is 12.8. The Labute approximate surface area is 294 Å². The van der Waals surface area contributed by atoms with Crippen LogP contribution in [0.3, 0.4) is 0 Å². The van der Waals surface area contributed by atoms with E-state index in [4.69, 9.17) is 13.8 Å². The number of rotatable bonds is 6. The topological polar surface area (TPSA) is 42.4 Å². The van der Waals surface area contributed by atoms with Gasteiger partial charge in [-0.05, 0) is 93.7 Å². The molecule has 2 heterocycles. The molecule has 0 radical (unpaired) electrons. The van der Waals surface area contributed by atoms with Crippen LogP contribution in [0.5, 0.6) is 0 Å². The van der Waals surface area contributed by atoms with Crippen LogP contribution in [-0.4, -0.2) is 4.98 Å². The van der Waals surface area contributed by atoms with Crippen molar-refractivity contribution in [3.05, 3.63) is 182 Å². The Morgan fingerprint density at radius 3 is 1.76 bits per heavy atom. The van der Waals surface area contributed by atoms with Gasteiger partial charge in [-0.1, -0.05) is 115 Å². The Hall–Kier alpha value is -6.91. The van der Waals surface area contributed by atoms with Gasteiger partial charge in [0.2, 0.25) is 5.89 Å². The van der Waals surface area contributed by atoms with E-state index in [0.717, 1.165) is 55.7 Å². The molecular formula is C47H30N2O2. The Bertz CT molecular complexity index is 2840. The molecule has 10 rings (SSSR count). The van der Waals surface area contributed by atoms with Gasteiger partial charge in [-0.15, -0.1) is 0 Å². The molecule has 0 spiro atoms. The first kappa shape index (κ1) is 29.0. The zero-order chi connectivity index (χ0) is 33.7. The number of aromatic nitrogens is 1. The fourth-order valence-corrected chi connectivity index (χ4v) is 7.19. The maximum Gasteiger partial charge on any atom is 0.227 e. The number of hydrogen-bond acceptors (Lipinski definition) is 4. The molecule has 0 unspecified atom stereocenters. The summed E-state index contributed by atoms with van der Waals surface area (Å²) in [6.45, 7) is 0. The minimum absolute atomic E-state index is 0.596. The predicted molar refractivity (Wildman–Crippen MR) is 210 cm³/mol. The molecule has 4 nitrogen and oxygen atoms in total. The molecule has 0 aliphatic heterocycles. The summed E-state index contributed by atoms with van der Waals surface area (Å²) in [7, 11) is 0. The summed E-state index contributed by atoms with van der Waals surface area (Å²) >= 11 is 0. The van der Waals surface area contributed by atoms with Gasteiger partial charge in [0.25, 0.3) is 0 Å². The van der Waals surface area contributed by atoms with Gasteiger partial charge >= 0.3 is 0 Å². The van der Waals surface area contributed by atoms with E-state index >= 15 is 0 Å². The second kappa shape index (κ2) is 11.9. The van der Waals surface area contributed by atoms with Gasteiger partial charge in [0.1, 0.15) is 16.7 Å². The molecule has 0 aliphatic rings. The second-order valence-electron chi connectivity index (χ2n) is 12.8. The van der Waals surface area contributed by atoms with Gasteiger partial charge in [-0.2, -0.15) is 0 Å². The summed E-state index contributed by atoms with van der Waals surface area (Å²) in [6, 6.07) is 63.6. The lowest BCUT2D eigenvalue weighted by Crippen LogP contribution is -2.10. The van der Waals surface area contributed by atoms with Crippen LogP contribution in [0.25, 0.3) is 77.5 Å². The van der Waals surface area contributed by atoms with Crippen molar-refractivity contribution in [1.29, 1.82) is 0 Å². The predicted octanol–water partition coefficient (Wildman–Crippen LogP) is 13.4. The fraction of sp³-hybridized carbons (Fsp3) is 0. The minimum Gasteiger partial charge on any atom is -0.456 e. The number of fused-ring (bicyclic) bond motifs is 5. The van der Waals surface area contributed by atoms with Crippen LogP contribution < -0.4 is 4.90 Å². The van der Waals surface area contributed by atoms with Gasteiger partial charge in [-0.25, -0.2) is 4.98 Å². The minimum atomic E-state index is 0.596. The third-order valence-corrected chi connectivity index (χ3v) is 9.66. The summed E-state index contributed by atoms with van der Waals surface area (Å²) < 4.78 is 12.7. The third kappa shape index (κ3) is 5.13. The summed E-state index contributed by atoms with van der Waals surface area (Å²) in [4.78, 5) is 7.12. The van der Waals surface area contributed by atoms with Crippen molar-refractivity contribution in [1.82, 2.24) is 4.98 Å². The van der Waals surface area contributed by atoms with E-state index in [0.29, 0.717) is 5.89 Å². The zero-order valence-electron chi connectivity index (χ0n) is 27.5. The lowest BCUT2D eigenvalue weighted by molar-refractivity contribution is 0.620. The van der Waals surface area contributed by atoms with Crippen molar-refractivity contribution in [2.45, 2.75) is 0 Å². The van der Waals surface area contributed by atoms with E-state index in [2.05, 4.69) is 150 Å². The normalized spacial score (nSPS) is 11.5. The number of benzene rings is 8. The molecule has 0 saturated heterocycles. The molecule has 0 fully saturated rings. The highest BCUT2D eigenvalue weighted by molar-refractivity contribution is 6.10. The zero-order valence-corrected chi connectivity index (χ0v) is 27.5. The van der Waals surface area contributed by atoms with Gasteiger partial charge in [0.15, 0.2) is 5.58 Å². The van der Waals surface area contributed by atoms with Crippen LogP contribution in [0.2, 0.25) is 0 Å². The molecular weight excluding hydrogens is 625 g/mol. The average Bonchev–Trinajstić information content (AvgIpc) is 3.78. The summed E-state index contributed by atoms with van der Waals surface area (Å²) in [5.41, 5.74) is 11.9. The first-order valence-corrected chi connectivity index (χ1v) is 17.1. The largest absolute Gasteiger partial charge is 0.456 e. The molecule has 8 aromatic carbocycles. The van der Waals surface area contributed by atoms with E-state index in [1.807, 2.05) is 36.4 Å². The van der Waals surface area contributed by atoms with E-state index in [-0.39, 0.29) is 0 Å². The van der Waals surface area contributed by atoms with Gasteiger partial charge in [0.05, 0.1) is 0 Å². The maximum absolute atomic E-state index is 6.42. The van der Waals surface area contributed by atoms with Crippen molar-refractivity contribution in [3.63, 3.8) is 0 Å². The van der Waals surface area contributed by atoms with Gasteiger partial charge in [-0.3, -0.25) is 0 Å². The van der Waals surface area contributed by atoms with Crippen LogP contribution in [-0.2, 0) is 0 Å². The number of anilines is 3. The third-order valence-electron chi connectivity index (χ3n) is 9.66. The molecule has 0 aliphatic carbocycles. The molecule has 2 aromatic heterocycles. The molecule has 51 heavy (non-hydrogen) atoms. The fourth-order valence-electron chi connectivity index (χ4n) is 7.19. The van der Waals surface area contributed by atoms with Gasteiger partial charge in [0, 0.05) is 39.5 Å². The highest BCUT2D eigenvalue weighted by atomic mass is 16.4. The number of hydrogen-bond donors (Lipinski definition) is 0. The molecule has 0 amide bonds. The van der Waals surface area contributed by atoms with Crippen molar-refractivity contribution < 1.29 is 8.83 Å². The molecule has 0 atom stereocenters. The smallest absolute Gasteiger partial charge is 0.227 e. The molecule has 240 valence electrons. The van der Waals surface area contributed by atoms with Crippen molar-refractivity contribution in [2.75, 3.05) is 4.90 Å². The number of oxazole rings is 1. The Balaban J connectivity index is 1.17. The SMILES string of the molecule is c1ccc(-c2ccc(N(c3cc(-c4ccccc4)c4ccccc4c3)c3ccc4oc5cc6nc(-c7ccccc7)oc6cc5c4c3)cc2)cc1. The molecule has 10 aromatic rings. The first-order chi connectivity index (χ1) is 25.2. The lowest BCUT2D eigenvalue weighted by Gasteiger charge is -2.27. The molecule has 0 N–H and O–H groups in total. The Kier molecular flexibility index (Phi) is 6.78. The van der Waals surface area contributed by atoms with Crippen LogP contribution in [0, 0.1) is 0 Å². The van der Waals surface area contributed by atoms with Crippen molar-refractivity contribution in [3.8, 4) is 33.7 Å². The quantitative estimate of drug-likeness (QED) is 0.179. The van der Waals surface area contributed by atoms with E-state index in [1.54, 1.807) is 0 Å². The molecule has 4 heteroatoms. The maximum atomic E-state index is 6.42. The van der Waals surface area contributed by atoms with Gasteiger partial charge < -0.3 is 13.7 Å². The average molecular weight is 655 g/mol.